The van der Waals surface area contributed by atoms with E-state index in [1.54, 1.807) is 0 Å². The van der Waals surface area contributed by atoms with Gasteiger partial charge in [0.15, 0.2) is 0 Å². The molecule has 0 fully saturated rings. The van der Waals surface area contributed by atoms with Gasteiger partial charge >= 0.3 is 0 Å². The fourth-order valence-corrected chi connectivity index (χ4v) is 2.47. The van der Waals surface area contributed by atoms with Crippen LogP contribution in [-0.2, 0) is 11.2 Å². The van der Waals surface area contributed by atoms with Crippen LogP contribution in [-0.4, -0.2) is 19.1 Å². The van der Waals surface area contributed by atoms with Gasteiger partial charge < -0.3 is 10.1 Å². The number of rotatable bonds is 8. The van der Waals surface area contributed by atoms with E-state index in [9.17, 15) is 4.79 Å². The van der Waals surface area contributed by atoms with E-state index >= 15 is 0 Å². The molecule has 2 rings (SSSR count). The van der Waals surface area contributed by atoms with Crippen LogP contribution < -0.4 is 10.1 Å². The van der Waals surface area contributed by atoms with Crippen molar-refractivity contribution in [3.8, 4) is 5.75 Å². The number of hydrogen-bond donors (Lipinski definition) is 1. The van der Waals surface area contributed by atoms with Gasteiger partial charge in [-0.05, 0) is 29.7 Å². The normalized spacial score (nSPS) is 11.7. The topological polar surface area (TPSA) is 38.3 Å². The number of carbonyl (C=O) groups is 1. The molecule has 0 aliphatic rings. The van der Waals surface area contributed by atoms with Gasteiger partial charge in [-0.2, -0.15) is 0 Å². The average molecular weight is 332 g/mol. The fraction of sp³-hybridized carbons (Fsp3) is 0.316. The summed E-state index contributed by atoms with van der Waals surface area (Å²) in [4.78, 5) is 12.0. The van der Waals surface area contributed by atoms with Crippen molar-refractivity contribution in [2.45, 2.75) is 25.1 Å². The van der Waals surface area contributed by atoms with Crippen LogP contribution in [0.15, 0.2) is 54.6 Å². The van der Waals surface area contributed by atoms with E-state index in [1.807, 2.05) is 42.5 Å². The van der Waals surface area contributed by atoms with E-state index in [2.05, 4.69) is 24.4 Å². The highest BCUT2D eigenvalue weighted by molar-refractivity contribution is 6.30. The highest BCUT2D eigenvalue weighted by Crippen LogP contribution is 2.19. The second-order valence-electron chi connectivity index (χ2n) is 5.31. The summed E-state index contributed by atoms with van der Waals surface area (Å²) in [5, 5.41) is 2.11. The minimum absolute atomic E-state index is 0.209. The molecule has 0 spiro atoms. The number of benzene rings is 2. The summed E-state index contributed by atoms with van der Waals surface area (Å²) in [6, 6.07) is 17.4. The minimum atomic E-state index is -0.676. The number of nitrogens with one attached hydrogen (secondary N) is 1. The van der Waals surface area contributed by atoms with Crippen LogP contribution in [0.2, 0.25) is 0 Å². The monoisotopic (exact) mass is 331 g/mol. The maximum Gasteiger partial charge on any atom is 0.242 e. The first-order valence-electron chi connectivity index (χ1n) is 7.89. The van der Waals surface area contributed by atoms with Crippen LogP contribution in [0.25, 0.3) is 0 Å². The Labute approximate surface area is 142 Å². The molecule has 0 aromatic heterocycles. The Morgan fingerprint density at radius 1 is 1.13 bits per heavy atom. The molecule has 0 saturated carbocycles. The Balaban J connectivity index is 1.71. The Morgan fingerprint density at radius 2 is 1.83 bits per heavy atom. The highest BCUT2D eigenvalue weighted by atomic mass is 35.5. The number of aryl methyl sites for hydroxylation is 1. The van der Waals surface area contributed by atoms with Crippen molar-refractivity contribution < 1.29 is 9.53 Å². The molecular weight excluding hydrogens is 310 g/mol. The van der Waals surface area contributed by atoms with Gasteiger partial charge in [0.1, 0.15) is 17.7 Å². The maximum absolute atomic E-state index is 12.0. The summed E-state index contributed by atoms with van der Waals surface area (Å²) in [7, 11) is 0. The van der Waals surface area contributed by atoms with Crippen molar-refractivity contribution >= 4 is 17.5 Å². The summed E-state index contributed by atoms with van der Waals surface area (Å²) >= 11 is 6.15. The number of alkyl halides is 1. The zero-order valence-electron chi connectivity index (χ0n) is 13.3. The molecular formula is C19H22ClNO2. The molecule has 0 heterocycles. The zero-order chi connectivity index (χ0) is 16.5. The van der Waals surface area contributed by atoms with Crippen molar-refractivity contribution in [2.75, 3.05) is 13.2 Å². The van der Waals surface area contributed by atoms with Crippen LogP contribution in [0, 0.1) is 0 Å². The average Bonchev–Trinajstić information content (AvgIpc) is 2.60. The lowest BCUT2D eigenvalue weighted by Gasteiger charge is -2.11. The molecule has 1 unspecified atom stereocenters. The molecule has 122 valence electrons. The van der Waals surface area contributed by atoms with E-state index in [4.69, 9.17) is 16.3 Å². The van der Waals surface area contributed by atoms with Crippen molar-refractivity contribution in [3.63, 3.8) is 0 Å². The molecule has 0 aliphatic heterocycles. The number of ether oxygens (including phenoxy) is 1. The summed E-state index contributed by atoms with van der Waals surface area (Å²) in [6.45, 7) is 3.00. The Morgan fingerprint density at radius 3 is 2.48 bits per heavy atom. The molecule has 0 aliphatic carbocycles. The molecule has 1 N–H and O–H groups in total. The van der Waals surface area contributed by atoms with Crippen molar-refractivity contribution in [2.24, 2.45) is 0 Å². The Hall–Kier alpha value is -2.00. The van der Waals surface area contributed by atoms with Gasteiger partial charge in [-0.15, -0.1) is 11.6 Å². The van der Waals surface area contributed by atoms with E-state index < -0.39 is 5.38 Å². The van der Waals surface area contributed by atoms with Crippen LogP contribution in [0.1, 0.15) is 29.8 Å². The standard InChI is InChI=1S/C19H22ClNO2/c1-2-6-15-9-11-17(12-10-15)23-14-13-21-19(22)18(20)16-7-4-3-5-8-16/h3-5,7-12,18H,2,6,13-14H2,1H3,(H,21,22). The zero-order valence-corrected chi connectivity index (χ0v) is 14.1. The molecule has 3 nitrogen and oxygen atoms in total. The van der Waals surface area contributed by atoms with Crippen molar-refractivity contribution in [1.82, 2.24) is 5.32 Å². The summed E-state index contributed by atoms with van der Waals surface area (Å²) in [5.41, 5.74) is 2.10. The number of halogens is 1. The van der Waals surface area contributed by atoms with Crippen LogP contribution in [0.5, 0.6) is 5.75 Å². The molecule has 2 aromatic carbocycles. The fourth-order valence-electron chi connectivity index (χ4n) is 2.25. The van der Waals surface area contributed by atoms with Gasteiger partial charge in [-0.1, -0.05) is 55.8 Å². The predicted molar refractivity (Wildman–Crippen MR) is 94.0 cm³/mol. The summed E-state index contributed by atoms with van der Waals surface area (Å²) in [5.74, 6) is 0.601. The molecule has 2 aromatic rings. The maximum atomic E-state index is 12.0. The second-order valence-corrected chi connectivity index (χ2v) is 5.74. The Bertz CT molecular complexity index is 599. The molecule has 4 heteroatoms. The first-order valence-corrected chi connectivity index (χ1v) is 8.33. The summed E-state index contributed by atoms with van der Waals surface area (Å²) in [6.07, 6.45) is 2.21. The van der Waals surface area contributed by atoms with Gasteiger partial charge in [-0.25, -0.2) is 0 Å². The predicted octanol–water partition coefficient (Wildman–Crippen LogP) is 4.11. The van der Waals surface area contributed by atoms with Crippen LogP contribution >= 0.6 is 11.6 Å². The van der Waals surface area contributed by atoms with E-state index in [-0.39, 0.29) is 5.91 Å². The summed E-state index contributed by atoms with van der Waals surface area (Å²) < 4.78 is 5.62. The van der Waals surface area contributed by atoms with Gasteiger partial charge in [-0.3, -0.25) is 4.79 Å². The van der Waals surface area contributed by atoms with E-state index in [1.165, 1.54) is 5.56 Å². The van der Waals surface area contributed by atoms with Crippen molar-refractivity contribution in [1.29, 1.82) is 0 Å². The molecule has 0 saturated heterocycles. The van der Waals surface area contributed by atoms with Gasteiger partial charge in [0.2, 0.25) is 5.91 Å². The van der Waals surface area contributed by atoms with Gasteiger partial charge in [0.05, 0.1) is 6.54 Å². The molecule has 1 atom stereocenters. The van der Waals surface area contributed by atoms with Gasteiger partial charge in [0, 0.05) is 0 Å². The molecule has 1 amide bonds. The SMILES string of the molecule is CCCc1ccc(OCCNC(=O)C(Cl)c2ccccc2)cc1. The van der Waals surface area contributed by atoms with Gasteiger partial charge in [0.25, 0.3) is 0 Å². The van der Waals surface area contributed by atoms with E-state index in [0.717, 1.165) is 24.2 Å². The molecule has 0 bridgehead atoms. The highest BCUT2D eigenvalue weighted by Gasteiger charge is 2.16. The molecule has 0 radical (unpaired) electrons. The quantitative estimate of drug-likeness (QED) is 0.584. The first-order chi connectivity index (χ1) is 11.2. The lowest BCUT2D eigenvalue weighted by atomic mass is 10.1. The third-order valence-corrected chi connectivity index (χ3v) is 3.90. The largest absolute Gasteiger partial charge is 0.492 e. The third-order valence-electron chi connectivity index (χ3n) is 3.45. The minimum Gasteiger partial charge on any atom is -0.492 e. The first kappa shape index (κ1) is 17.4. The number of amides is 1. The molecule has 23 heavy (non-hydrogen) atoms. The van der Waals surface area contributed by atoms with Crippen LogP contribution in [0.3, 0.4) is 0 Å². The third kappa shape index (κ3) is 5.61. The van der Waals surface area contributed by atoms with Crippen LogP contribution in [0.4, 0.5) is 0 Å². The smallest absolute Gasteiger partial charge is 0.242 e. The lowest BCUT2D eigenvalue weighted by Crippen LogP contribution is -2.30. The van der Waals surface area contributed by atoms with Crippen molar-refractivity contribution in [3.05, 3.63) is 65.7 Å². The Kier molecular flexibility index (Phi) is 6.95. The lowest BCUT2D eigenvalue weighted by molar-refractivity contribution is -0.120. The van der Waals surface area contributed by atoms with E-state index in [0.29, 0.717) is 13.2 Å². The number of hydrogen-bond acceptors (Lipinski definition) is 2. The second kappa shape index (κ2) is 9.21. The number of carbonyl (C=O) groups excluding carboxylic acids is 1.